The fourth-order valence-corrected chi connectivity index (χ4v) is 3.93. The second kappa shape index (κ2) is 8.54. The van der Waals surface area contributed by atoms with Crippen LogP contribution >= 0.6 is 11.3 Å². The molecule has 0 spiro atoms. The summed E-state index contributed by atoms with van der Waals surface area (Å²) in [7, 11) is 5.08. The van der Waals surface area contributed by atoms with Crippen molar-refractivity contribution in [2.24, 2.45) is 5.92 Å². The summed E-state index contributed by atoms with van der Waals surface area (Å²) in [5.74, 6) is 1.89. The molecular formula is C20H28N2O3S. The van der Waals surface area contributed by atoms with E-state index in [0.29, 0.717) is 22.3 Å². The van der Waals surface area contributed by atoms with Crippen LogP contribution in [0.5, 0.6) is 11.5 Å². The second-order valence-corrected chi connectivity index (χ2v) is 7.90. The van der Waals surface area contributed by atoms with E-state index in [2.05, 4.69) is 25.8 Å². The van der Waals surface area contributed by atoms with Gasteiger partial charge in [-0.1, -0.05) is 13.8 Å². The van der Waals surface area contributed by atoms with Crippen molar-refractivity contribution in [2.75, 3.05) is 21.3 Å². The SMILES string of the molecule is COc1ccc(-c2nc(C)c(C(=O)N(C)[C@@H](C)CC(C)C)s2)cc1OC. The van der Waals surface area contributed by atoms with Crippen LogP contribution in [0.3, 0.4) is 0 Å². The molecule has 6 heteroatoms. The fraction of sp³-hybridized carbons (Fsp3) is 0.500. The minimum Gasteiger partial charge on any atom is -0.493 e. The standard InChI is InChI=1S/C20H28N2O3S/c1-12(2)10-13(3)22(5)20(23)18-14(4)21-19(26-18)15-8-9-16(24-6)17(11-15)25-7/h8-9,11-13H,10H2,1-7H3/t13-/m0/s1. The van der Waals surface area contributed by atoms with Gasteiger partial charge in [-0.15, -0.1) is 11.3 Å². The van der Waals surface area contributed by atoms with Crippen LogP contribution in [-0.4, -0.2) is 43.1 Å². The number of ether oxygens (including phenoxy) is 2. The molecule has 0 radical (unpaired) electrons. The first-order valence-electron chi connectivity index (χ1n) is 8.75. The maximum Gasteiger partial charge on any atom is 0.265 e. The van der Waals surface area contributed by atoms with Crippen molar-refractivity contribution < 1.29 is 14.3 Å². The Morgan fingerprint density at radius 3 is 2.42 bits per heavy atom. The average molecular weight is 377 g/mol. The molecule has 1 amide bonds. The van der Waals surface area contributed by atoms with Crippen LogP contribution in [0.25, 0.3) is 10.6 Å². The highest BCUT2D eigenvalue weighted by molar-refractivity contribution is 7.17. The van der Waals surface area contributed by atoms with Gasteiger partial charge in [0, 0.05) is 18.7 Å². The molecule has 0 aliphatic carbocycles. The molecule has 26 heavy (non-hydrogen) atoms. The van der Waals surface area contributed by atoms with Gasteiger partial charge in [-0.05, 0) is 44.4 Å². The Kier molecular flexibility index (Phi) is 6.64. The third-order valence-electron chi connectivity index (χ3n) is 4.42. The number of hydrogen-bond donors (Lipinski definition) is 0. The predicted octanol–water partition coefficient (Wildman–Crippen LogP) is 4.64. The molecule has 0 saturated carbocycles. The Bertz CT molecular complexity index is 770. The third-order valence-corrected chi connectivity index (χ3v) is 5.61. The van der Waals surface area contributed by atoms with E-state index in [1.807, 2.05) is 37.1 Å². The highest BCUT2D eigenvalue weighted by Gasteiger charge is 2.23. The Hall–Kier alpha value is -2.08. The summed E-state index contributed by atoms with van der Waals surface area (Å²) in [4.78, 5) is 20.0. The summed E-state index contributed by atoms with van der Waals surface area (Å²) < 4.78 is 10.6. The molecule has 1 atom stereocenters. The van der Waals surface area contributed by atoms with Gasteiger partial charge < -0.3 is 14.4 Å². The number of thiazole rings is 1. The minimum atomic E-state index is 0.0277. The Morgan fingerprint density at radius 1 is 1.19 bits per heavy atom. The van der Waals surface area contributed by atoms with E-state index in [1.165, 1.54) is 11.3 Å². The van der Waals surface area contributed by atoms with Crippen LogP contribution in [0, 0.1) is 12.8 Å². The number of aromatic nitrogens is 1. The van der Waals surface area contributed by atoms with E-state index in [9.17, 15) is 4.79 Å². The van der Waals surface area contributed by atoms with Crippen molar-refractivity contribution >= 4 is 17.2 Å². The topological polar surface area (TPSA) is 51.7 Å². The molecule has 1 aromatic carbocycles. The van der Waals surface area contributed by atoms with Gasteiger partial charge in [0.1, 0.15) is 9.88 Å². The molecule has 1 aromatic heterocycles. The minimum absolute atomic E-state index is 0.0277. The quantitative estimate of drug-likeness (QED) is 0.706. The van der Waals surface area contributed by atoms with Crippen LogP contribution in [0.15, 0.2) is 18.2 Å². The summed E-state index contributed by atoms with van der Waals surface area (Å²) in [6, 6.07) is 5.85. The molecule has 5 nitrogen and oxygen atoms in total. The summed E-state index contributed by atoms with van der Waals surface area (Å²) in [5, 5.41) is 0.803. The molecule has 0 fully saturated rings. The molecule has 0 bridgehead atoms. The molecule has 142 valence electrons. The van der Waals surface area contributed by atoms with Gasteiger partial charge in [-0.25, -0.2) is 4.98 Å². The van der Waals surface area contributed by atoms with E-state index in [4.69, 9.17) is 9.47 Å². The van der Waals surface area contributed by atoms with E-state index >= 15 is 0 Å². The zero-order chi connectivity index (χ0) is 19.4. The first-order chi connectivity index (χ1) is 12.3. The van der Waals surface area contributed by atoms with E-state index < -0.39 is 0 Å². The first kappa shape index (κ1) is 20.2. The lowest BCUT2D eigenvalue weighted by atomic mass is 10.0. The predicted molar refractivity (Wildman–Crippen MR) is 106 cm³/mol. The van der Waals surface area contributed by atoms with Gasteiger partial charge in [0.15, 0.2) is 11.5 Å². The van der Waals surface area contributed by atoms with Crippen molar-refractivity contribution in [1.82, 2.24) is 9.88 Å². The van der Waals surface area contributed by atoms with Crippen molar-refractivity contribution in [3.63, 3.8) is 0 Å². The zero-order valence-corrected chi connectivity index (χ0v) is 17.4. The van der Waals surface area contributed by atoms with E-state index in [-0.39, 0.29) is 11.9 Å². The fourth-order valence-electron chi connectivity index (χ4n) is 2.89. The van der Waals surface area contributed by atoms with Gasteiger partial charge in [0.05, 0.1) is 19.9 Å². The number of carbonyl (C=O) groups excluding carboxylic acids is 1. The molecule has 0 N–H and O–H groups in total. The molecular weight excluding hydrogens is 348 g/mol. The monoisotopic (exact) mass is 376 g/mol. The van der Waals surface area contributed by atoms with Crippen molar-refractivity contribution in [1.29, 1.82) is 0 Å². The van der Waals surface area contributed by atoms with Gasteiger partial charge in [0.2, 0.25) is 0 Å². The van der Waals surface area contributed by atoms with Crippen molar-refractivity contribution in [3.05, 3.63) is 28.8 Å². The second-order valence-electron chi connectivity index (χ2n) is 6.90. The number of rotatable bonds is 7. The van der Waals surface area contributed by atoms with Gasteiger partial charge in [0.25, 0.3) is 5.91 Å². The van der Waals surface area contributed by atoms with Crippen molar-refractivity contribution in [3.8, 4) is 22.1 Å². The number of methoxy groups -OCH3 is 2. The number of amides is 1. The normalized spacial score (nSPS) is 12.2. The number of benzene rings is 1. The smallest absolute Gasteiger partial charge is 0.265 e. The number of aryl methyl sites for hydroxylation is 1. The van der Waals surface area contributed by atoms with Crippen LogP contribution in [0.2, 0.25) is 0 Å². The zero-order valence-electron chi connectivity index (χ0n) is 16.6. The summed E-state index contributed by atoms with van der Waals surface area (Å²) in [5.41, 5.74) is 1.67. The summed E-state index contributed by atoms with van der Waals surface area (Å²) in [6.07, 6.45) is 0.975. The Morgan fingerprint density at radius 2 is 1.85 bits per heavy atom. The maximum absolute atomic E-state index is 12.9. The summed E-state index contributed by atoms with van der Waals surface area (Å²) in [6.45, 7) is 8.31. The molecule has 0 aliphatic heterocycles. The Balaban J connectivity index is 2.30. The van der Waals surface area contributed by atoms with Crippen molar-refractivity contribution in [2.45, 2.75) is 40.2 Å². The molecule has 0 saturated heterocycles. The highest BCUT2D eigenvalue weighted by atomic mass is 32.1. The number of carbonyl (C=O) groups is 1. The number of hydrogen-bond acceptors (Lipinski definition) is 5. The summed E-state index contributed by atoms with van der Waals surface area (Å²) >= 11 is 1.42. The van der Waals surface area contributed by atoms with Gasteiger partial charge in [-0.3, -0.25) is 4.79 Å². The molecule has 0 unspecified atom stereocenters. The Labute approximate surface area is 160 Å². The molecule has 1 heterocycles. The maximum atomic E-state index is 12.9. The van der Waals surface area contributed by atoms with Crippen LogP contribution < -0.4 is 9.47 Å². The van der Waals surface area contributed by atoms with Crippen LogP contribution in [0.1, 0.15) is 42.6 Å². The lowest BCUT2D eigenvalue weighted by Gasteiger charge is -2.26. The van der Waals surface area contributed by atoms with E-state index in [1.54, 1.807) is 14.2 Å². The first-order valence-corrected chi connectivity index (χ1v) is 9.57. The lowest BCUT2D eigenvalue weighted by molar-refractivity contribution is 0.0732. The van der Waals surface area contributed by atoms with Gasteiger partial charge in [-0.2, -0.15) is 0 Å². The highest BCUT2D eigenvalue weighted by Crippen LogP contribution is 2.35. The van der Waals surface area contributed by atoms with E-state index in [0.717, 1.165) is 22.7 Å². The number of nitrogens with zero attached hydrogens (tertiary/aromatic N) is 2. The molecule has 0 aliphatic rings. The largest absolute Gasteiger partial charge is 0.493 e. The third kappa shape index (κ3) is 4.36. The molecule has 2 aromatic rings. The van der Waals surface area contributed by atoms with Gasteiger partial charge >= 0.3 is 0 Å². The van der Waals surface area contributed by atoms with Crippen LogP contribution in [-0.2, 0) is 0 Å². The lowest BCUT2D eigenvalue weighted by Crippen LogP contribution is -2.35. The average Bonchev–Trinajstić information content (AvgIpc) is 3.00. The van der Waals surface area contributed by atoms with Crippen LogP contribution in [0.4, 0.5) is 0 Å². The molecule has 2 rings (SSSR count).